The Labute approximate surface area is 166 Å². The van der Waals surface area contributed by atoms with E-state index in [2.05, 4.69) is 32.2 Å². The fourth-order valence-electron chi connectivity index (χ4n) is 4.36. The maximum Gasteiger partial charge on any atom is 0.128 e. The number of hydrogen-bond acceptors (Lipinski definition) is 5. The van der Waals surface area contributed by atoms with Crippen LogP contribution in [0.3, 0.4) is 0 Å². The van der Waals surface area contributed by atoms with Crippen molar-refractivity contribution in [3.63, 3.8) is 0 Å². The average molecular weight is 384 g/mol. The Hall–Kier alpha value is -2.34. The maximum atomic E-state index is 13.7. The number of benzene rings is 1. The smallest absolute Gasteiger partial charge is 0.128 e. The molecule has 0 amide bonds. The van der Waals surface area contributed by atoms with E-state index in [1.807, 2.05) is 12.3 Å². The quantitative estimate of drug-likeness (QED) is 0.824. The largest absolute Gasteiger partial charge is 0.394 e. The van der Waals surface area contributed by atoms with Gasteiger partial charge in [-0.05, 0) is 56.4 Å². The van der Waals surface area contributed by atoms with Crippen LogP contribution in [0.1, 0.15) is 32.1 Å². The number of aromatic nitrogens is 1. The number of nitrogens with one attached hydrogen (secondary N) is 1. The molecule has 0 aliphatic carbocycles. The monoisotopic (exact) mass is 384 g/mol. The second kappa shape index (κ2) is 8.78. The predicted molar refractivity (Wildman–Crippen MR) is 112 cm³/mol. The molecule has 2 saturated heterocycles. The van der Waals surface area contributed by atoms with Crippen molar-refractivity contribution < 1.29 is 9.50 Å². The van der Waals surface area contributed by atoms with Gasteiger partial charge in [-0.25, -0.2) is 9.37 Å². The molecule has 2 N–H and O–H groups in total. The number of piperidine rings is 2. The molecule has 2 fully saturated rings. The molecule has 28 heavy (non-hydrogen) atoms. The van der Waals surface area contributed by atoms with Crippen molar-refractivity contribution in [1.29, 1.82) is 0 Å². The summed E-state index contributed by atoms with van der Waals surface area (Å²) in [6.45, 7) is 3.01. The van der Waals surface area contributed by atoms with E-state index in [1.54, 1.807) is 12.1 Å². The Morgan fingerprint density at radius 2 is 1.93 bits per heavy atom. The number of aliphatic hydroxyl groups excluding tert-OH is 1. The van der Waals surface area contributed by atoms with Crippen LogP contribution >= 0.6 is 0 Å². The highest BCUT2D eigenvalue weighted by atomic mass is 19.1. The van der Waals surface area contributed by atoms with Crippen LogP contribution in [0.25, 0.3) is 0 Å². The standard InChI is InChI=1S/C22H29FN4O/c23-17-5-4-6-20(13-17)27-15-18(7-8-21(27)16-28)25-22-14-19(9-10-24-22)26-11-2-1-3-12-26/h4-6,9-10,13-14,18,21,28H,1-3,7-8,11-12,15-16H2,(H,24,25)/t18-,21-/m0/s1. The van der Waals surface area contributed by atoms with Crippen molar-refractivity contribution >= 4 is 17.2 Å². The molecule has 0 unspecified atom stereocenters. The number of rotatable bonds is 5. The van der Waals surface area contributed by atoms with Gasteiger partial charge in [-0.3, -0.25) is 0 Å². The summed E-state index contributed by atoms with van der Waals surface area (Å²) in [4.78, 5) is 9.05. The van der Waals surface area contributed by atoms with Gasteiger partial charge >= 0.3 is 0 Å². The summed E-state index contributed by atoms with van der Waals surface area (Å²) < 4.78 is 13.7. The fourth-order valence-corrected chi connectivity index (χ4v) is 4.36. The number of hydrogen-bond donors (Lipinski definition) is 2. The summed E-state index contributed by atoms with van der Waals surface area (Å²) in [6.07, 6.45) is 7.49. The number of pyridine rings is 1. The van der Waals surface area contributed by atoms with Gasteiger partial charge in [0.15, 0.2) is 0 Å². The van der Waals surface area contributed by atoms with Crippen LogP contribution in [-0.2, 0) is 0 Å². The lowest BCUT2D eigenvalue weighted by atomic mass is 9.97. The summed E-state index contributed by atoms with van der Waals surface area (Å²) in [5.41, 5.74) is 2.05. The molecule has 150 valence electrons. The molecule has 4 rings (SSSR count). The van der Waals surface area contributed by atoms with Crippen LogP contribution in [0.5, 0.6) is 0 Å². The lowest BCUT2D eigenvalue weighted by molar-refractivity contribution is 0.237. The molecule has 0 radical (unpaired) electrons. The van der Waals surface area contributed by atoms with Gasteiger partial charge in [0.2, 0.25) is 0 Å². The van der Waals surface area contributed by atoms with Crippen molar-refractivity contribution in [2.24, 2.45) is 0 Å². The van der Waals surface area contributed by atoms with E-state index in [0.29, 0.717) is 6.54 Å². The first-order valence-electron chi connectivity index (χ1n) is 10.3. The normalized spacial score (nSPS) is 22.9. The average Bonchev–Trinajstić information content (AvgIpc) is 2.74. The van der Waals surface area contributed by atoms with Crippen LogP contribution in [0, 0.1) is 5.82 Å². The Morgan fingerprint density at radius 3 is 2.71 bits per heavy atom. The van der Waals surface area contributed by atoms with Crippen LogP contribution < -0.4 is 15.1 Å². The molecular formula is C22H29FN4O. The maximum absolute atomic E-state index is 13.7. The minimum atomic E-state index is -0.250. The molecule has 3 heterocycles. The van der Waals surface area contributed by atoms with Crippen LogP contribution in [0.15, 0.2) is 42.6 Å². The summed E-state index contributed by atoms with van der Waals surface area (Å²) in [5, 5.41) is 13.3. The molecule has 0 spiro atoms. The molecule has 1 aromatic carbocycles. The summed E-state index contributed by atoms with van der Waals surface area (Å²) in [5.74, 6) is 0.634. The van der Waals surface area contributed by atoms with E-state index in [9.17, 15) is 9.50 Å². The van der Waals surface area contributed by atoms with Crippen LogP contribution in [0.4, 0.5) is 21.6 Å². The van der Waals surface area contributed by atoms with Crippen molar-refractivity contribution in [2.75, 3.05) is 41.4 Å². The minimum Gasteiger partial charge on any atom is -0.394 e. The number of nitrogens with zero attached hydrogens (tertiary/aromatic N) is 3. The van der Waals surface area contributed by atoms with E-state index < -0.39 is 0 Å². The third kappa shape index (κ3) is 4.38. The van der Waals surface area contributed by atoms with E-state index in [0.717, 1.165) is 37.4 Å². The van der Waals surface area contributed by atoms with E-state index in [4.69, 9.17) is 0 Å². The van der Waals surface area contributed by atoms with Gasteiger partial charge in [0.1, 0.15) is 11.6 Å². The van der Waals surface area contributed by atoms with Gasteiger partial charge in [-0.2, -0.15) is 0 Å². The van der Waals surface area contributed by atoms with E-state index in [1.165, 1.54) is 31.0 Å². The third-order valence-electron chi connectivity index (χ3n) is 5.87. The molecule has 2 aromatic rings. The Balaban J connectivity index is 1.46. The van der Waals surface area contributed by atoms with Crippen LogP contribution in [0.2, 0.25) is 0 Å². The fraction of sp³-hybridized carbons (Fsp3) is 0.500. The molecule has 0 bridgehead atoms. The first-order chi connectivity index (χ1) is 13.7. The summed E-state index contributed by atoms with van der Waals surface area (Å²) >= 11 is 0. The molecular weight excluding hydrogens is 355 g/mol. The van der Waals surface area contributed by atoms with Gasteiger partial charge in [0, 0.05) is 49.3 Å². The lowest BCUT2D eigenvalue weighted by Crippen LogP contribution is -2.50. The van der Waals surface area contributed by atoms with Gasteiger partial charge in [-0.15, -0.1) is 0 Å². The zero-order chi connectivity index (χ0) is 19.3. The van der Waals surface area contributed by atoms with Gasteiger partial charge in [0.05, 0.1) is 12.6 Å². The van der Waals surface area contributed by atoms with Crippen molar-refractivity contribution in [3.8, 4) is 0 Å². The first-order valence-corrected chi connectivity index (χ1v) is 10.3. The van der Waals surface area contributed by atoms with E-state index in [-0.39, 0.29) is 24.5 Å². The SMILES string of the molecule is OC[C@@H]1CC[C@H](Nc2cc(N3CCCCC3)ccn2)CN1c1cccc(F)c1. The van der Waals surface area contributed by atoms with Gasteiger partial charge in [-0.1, -0.05) is 6.07 Å². The zero-order valence-electron chi connectivity index (χ0n) is 16.2. The first kappa shape index (κ1) is 19.0. The van der Waals surface area contributed by atoms with E-state index >= 15 is 0 Å². The van der Waals surface area contributed by atoms with Crippen molar-refractivity contribution in [2.45, 2.75) is 44.2 Å². The third-order valence-corrected chi connectivity index (χ3v) is 5.87. The molecule has 2 atom stereocenters. The van der Waals surface area contributed by atoms with Crippen molar-refractivity contribution in [3.05, 3.63) is 48.4 Å². The molecule has 1 aromatic heterocycles. The minimum absolute atomic E-state index is 0.0208. The topological polar surface area (TPSA) is 51.6 Å². The molecule has 0 saturated carbocycles. The number of anilines is 3. The Morgan fingerprint density at radius 1 is 1.07 bits per heavy atom. The molecule has 5 nitrogen and oxygen atoms in total. The predicted octanol–water partition coefficient (Wildman–Crippen LogP) is 3.65. The van der Waals surface area contributed by atoms with Gasteiger partial charge in [0.25, 0.3) is 0 Å². The number of halogens is 1. The molecule has 2 aliphatic rings. The van der Waals surface area contributed by atoms with Crippen LogP contribution in [-0.4, -0.2) is 48.4 Å². The Kier molecular flexibility index (Phi) is 5.95. The lowest BCUT2D eigenvalue weighted by Gasteiger charge is -2.41. The molecule has 6 heteroatoms. The van der Waals surface area contributed by atoms with Crippen molar-refractivity contribution in [1.82, 2.24) is 4.98 Å². The summed E-state index contributed by atoms with van der Waals surface area (Å²) in [6, 6.07) is 11.1. The highest BCUT2D eigenvalue weighted by molar-refractivity contribution is 5.55. The summed E-state index contributed by atoms with van der Waals surface area (Å²) in [7, 11) is 0. The second-order valence-corrected chi connectivity index (χ2v) is 7.83. The highest BCUT2D eigenvalue weighted by Crippen LogP contribution is 2.28. The molecule has 2 aliphatic heterocycles. The number of aliphatic hydroxyl groups is 1. The second-order valence-electron chi connectivity index (χ2n) is 7.83. The Bertz CT molecular complexity index is 781. The van der Waals surface area contributed by atoms with Gasteiger partial charge < -0.3 is 20.2 Å². The highest BCUT2D eigenvalue weighted by Gasteiger charge is 2.28. The zero-order valence-corrected chi connectivity index (χ0v) is 16.2.